The second-order valence-electron chi connectivity index (χ2n) is 7.03. The van der Waals surface area contributed by atoms with Crippen LogP contribution < -0.4 is 0 Å². The van der Waals surface area contributed by atoms with Gasteiger partial charge >= 0.3 is 0 Å². The van der Waals surface area contributed by atoms with Crippen molar-refractivity contribution in [2.45, 2.75) is 57.9 Å². The summed E-state index contributed by atoms with van der Waals surface area (Å²) in [4.78, 5) is 19.2. The van der Waals surface area contributed by atoms with E-state index in [9.17, 15) is 4.79 Å². The van der Waals surface area contributed by atoms with Gasteiger partial charge in [-0.25, -0.2) is 4.98 Å². The van der Waals surface area contributed by atoms with E-state index in [0.29, 0.717) is 12.3 Å². The fourth-order valence-electron chi connectivity index (χ4n) is 3.62. The van der Waals surface area contributed by atoms with Crippen LogP contribution in [0.5, 0.6) is 0 Å². The maximum atomic E-state index is 12.6. The van der Waals surface area contributed by atoms with Crippen molar-refractivity contribution in [3.8, 4) is 0 Å². The van der Waals surface area contributed by atoms with Gasteiger partial charge in [-0.05, 0) is 31.2 Å². The highest BCUT2D eigenvalue weighted by atomic mass is 16.2. The molecule has 0 spiro atoms. The highest BCUT2D eigenvalue weighted by molar-refractivity contribution is 5.76. The van der Waals surface area contributed by atoms with Crippen LogP contribution in [0.25, 0.3) is 0 Å². The first kappa shape index (κ1) is 17.7. The molecule has 0 radical (unpaired) electrons. The van der Waals surface area contributed by atoms with Crippen molar-refractivity contribution in [3.05, 3.63) is 36.2 Å². The van der Waals surface area contributed by atoms with Crippen LogP contribution in [0.2, 0.25) is 0 Å². The monoisotopic (exact) mass is 343 g/mol. The third-order valence-corrected chi connectivity index (χ3v) is 5.03. The number of carbonyl (C=O) groups is 1. The Bertz CT molecular complexity index is 690. The van der Waals surface area contributed by atoms with Gasteiger partial charge in [0.05, 0.1) is 6.20 Å². The molecule has 0 saturated carbocycles. The summed E-state index contributed by atoms with van der Waals surface area (Å²) in [5.74, 6) is 1.77. The Morgan fingerprint density at radius 1 is 1.40 bits per heavy atom. The fourth-order valence-corrected chi connectivity index (χ4v) is 3.62. The van der Waals surface area contributed by atoms with E-state index in [4.69, 9.17) is 0 Å². The molecule has 1 fully saturated rings. The van der Waals surface area contributed by atoms with E-state index in [-0.39, 0.29) is 5.91 Å². The normalized spacial score (nSPS) is 17.8. The van der Waals surface area contributed by atoms with Gasteiger partial charge in [0.15, 0.2) is 0 Å². The zero-order valence-electron chi connectivity index (χ0n) is 15.4. The Labute approximate surface area is 149 Å². The summed E-state index contributed by atoms with van der Waals surface area (Å²) in [5.41, 5.74) is 1.12. The molecule has 136 valence electrons. The van der Waals surface area contributed by atoms with Gasteiger partial charge in [0.1, 0.15) is 5.82 Å². The van der Waals surface area contributed by atoms with Crippen LogP contribution in [-0.2, 0) is 24.8 Å². The fraction of sp³-hybridized carbons (Fsp3) is 0.632. The molecule has 1 amide bonds. The van der Waals surface area contributed by atoms with E-state index in [1.54, 1.807) is 4.68 Å². The largest absolute Gasteiger partial charge is 0.342 e. The molecule has 6 nitrogen and oxygen atoms in total. The zero-order valence-corrected chi connectivity index (χ0v) is 15.4. The first-order chi connectivity index (χ1) is 12.2. The summed E-state index contributed by atoms with van der Waals surface area (Å²) < 4.78 is 4.06. The van der Waals surface area contributed by atoms with E-state index >= 15 is 0 Å². The summed E-state index contributed by atoms with van der Waals surface area (Å²) in [5, 5.41) is 4.17. The molecule has 1 aliphatic rings. The van der Waals surface area contributed by atoms with Crippen LogP contribution >= 0.6 is 0 Å². The lowest BCUT2D eigenvalue weighted by molar-refractivity contribution is -0.132. The number of rotatable bonds is 7. The summed E-state index contributed by atoms with van der Waals surface area (Å²) in [6, 6.07) is 0. The highest BCUT2D eigenvalue weighted by Gasteiger charge is 2.27. The first-order valence-corrected chi connectivity index (χ1v) is 9.43. The molecular weight excluding hydrogens is 314 g/mol. The minimum atomic E-state index is 0.250. The van der Waals surface area contributed by atoms with Crippen LogP contribution in [-0.4, -0.2) is 43.2 Å². The number of aromatic nitrogens is 4. The molecule has 25 heavy (non-hydrogen) atoms. The van der Waals surface area contributed by atoms with E-state index in [1.807, 2.05) is 30.5 Å². The van der Waals surface area contributed by atoms with Gasteiger partial charge in [-0.1, -0.05) is 13.3 Å². The number of hydrogen-bond acceptors (Lipinski definition) is 3. The lowest BCUT2D eigenvalue weighted by Gasteiger charge is -2.33. The van der Waals surface area contributed by atoms with E-state index in [1.165, 1.54) is 12.8 Å². The number of imidazole rings is 1. The molecule has 1 atom stereocenters. The van der Waals surface area contributed by atoms with E-state index < -0.39 is 0 Å². The standard InChI is InChI=1S/C19H29N5O/c1-3-4-10-23-12-9-20-19(23)17-6-5-11-24(15-17)18(25)8-7-16-13-21-22(2)14-16/h9,12-14,17H,3-8,10-11,15H2,1-2H3/t17-/m1/s1. The molecule has 6 heteroatoms. The molecule has 0 bridgehead atoms. The molecule has 3 heterocycles. The second kappa shape index (κ2) is 8.32. The average molecular weight is 343 g/mol. The summed E-state index contributed by atoms with van der Waals surface area (Å²) in [6.45, 7) is 4.91. The van der Waals surface area contributed by atoms with Gasteiger partial charge < -0.3 is 9.47 Å². The predicted octanol–water partition coefficient (Wildman–Crippen LogP) is 2.76. The van der Waals surface area contributed by atoms with E-state index in [0.717, 1.165) is 50.3 Å². The van der Waals surface area contributed by atoms with Crippen molar-refractivity contribution in [2.75, 3.05) is 13.1 Å². The summed E-state index contributed by atoms with van der Waals surface area (Å²) >= 11 is 0. The van der Waals surface area contributed by atoms with Crippen molar-refractivity contribution in [2.24, 2.45) is 7.05 Å². The van der Waals surface area contributed by atoms with Crippen LogP contribution in [0.3, 0.4) is 0 Å². The molecule has 0 aliphatic carbocycles. The number of piperidine rings is 1. The van der Waals surface area contributed by atoms with Crippen molar-refractivity contribution in [3.63, 3.8) is 0 Å². The van der Waals surface area contributed by atoms with Crippen LogP contribution in [0.1, 0.15) is 56.3 Å². The maximum absolute atomic E-state index is 12.6. The lowest BCUT2D eigenvalue weighted by Crippen LogP contribution is -2.39. The Balaban J connectivity index is 1.57. The molecule has 3 rings (SSSR count). The summed E-state index contributed by atoms with van der Waals surface area (Å²) in [6.07, 6.45) is 13.7. The predicted molar refractivity (Wildman–Crippen MR) is 97.2 cm³/mol. The van der Waals surface area contributed by atoms with Crippen LogP contribution in [0.15, 0.2) is 24.8 Å². The minimum Gasteiger partial charge on any atom is -0.342 e. The van der Waals surface area contributed by atoms with Gasteiger partial charge in [-0.3, -0.25) is 9.48 Å². The average Bonchev–Trinajstić information content (AvgIpc) is 3.26. The van der Waals surface area contributed by atoms with Crippen molar-refractivity contribution in [1.82, 2.24) is 24.2 Å². The molecular formula is C19H29N5O. The molecule has 0 unspecified atom stereocenters. The van der Waals surface area contributed by atoms with E-state index in [2.05, 4.69) is 27.8 Å². The maximum Gasteiger partial charge on any atom is 0.222 e. The third kappa shape index (κ3) is 4.50. The molecule has 0 aromatic carbocycles. The number of hydrogen-bond donors (Lipinski definition) is 0. The van der Waals surface area contributed by atoms with Gasteiger partial charge in [0, 0.05) is 57.6 Å². The summed E-state index contributed by atoms with van der Waals surface area (Å²) in [7, 11) is 1.90. The van der Waals surface area contributed by atoms with Crippen LogP contribution in [0, 0.1) is 0 Å². The number of likely N-dealkylation sites (tertiary alicyclic amines) is 1. The van der Waals surface area contributed by atoms with Gasteiger partial charge in [0.2, 0.25) is 5.91 Å². The topological polar surface area (TPSA) is 56.0 Å². The lowest BCUT2D eigenvalue weighted by atomic mass is 9.96. The Kier molecular flexibility index (Phi) is 5.89. The Hall–Kier alpha value is -2.11. The molecule has 2 aromatic heterocycles. The third-order valence-electron chi connectivity index (χ3n) is 5.03. The number of carbonyl (C=O) groups excluding carboxylic acids is 1. The number of amides is 1. The number of aryl methyl sites for hydroxylation is 3. The quantitative estimate of drug-likeness (QED) is 0.777. The first-order valence-electron chi connectivity index (χ1n) is 9.43. The SMILES string of the molecule is CCCCn1ccnc1[C@@H]1CCCN(C(=O)CCc2cnn(C)c2)C1. The molecule has 2 aromatic rings. The zero-order chi connectivity index (χ0) is 17.6. The highest BCUT2D eigenvalue weighted by Crippen LogP contribution is 2.26. The number of unbranched alkanes of at least 4 members (excludes halogenated alkanes) is 1. The Morgan fingerprint density at radius 3 is 3.04 bits per heavy atom. The van der Waals surface area contributed by atoms with Crippen LogP contribution in [0.4, 0.5) is 0 Å². The second-order valence-corrected chi connectivity index (χ2v) is 7.03. The smallest absolute Gasteiger partial charge is 0.222 e. The van der Waals surface area contributed by atoms with Crippen molar-refractivity contribution in [1.29, 1.82) is 0 Å². The molecule has 1 saturated heterocycles. The van der Waals surface area contributed by atoms with Gasteiger partial charge in [-0.15, -0.1) is 0 Å². The molecule has 1 aliphatic heterocycles. The minimum absolute atomic E-state index is 0.250. The number of nitrogens with zero attached hydrogens (tertiary/aromatic N) is 5. The van der Waals surface area contributed by atoms with Crippen molar-refractivity contribution < 1.29 is 4.79 Å². The Morgan fingerprint density at radius 2 is 2.28 bits per heavy atom. The van der Waals surface area contributed by atoms with Gasteiger partial charge in [0.25, 0.3) is 0 Å². The van der Waals surface area contributed by atoms with Gasteiger partial charge in [-0.2, -0.15) is 5.10 Å². The molecule has 0 N–H and O–H groups in total. The van der Waals surface area contributed by atoms with Crippen molar-refractivity contribution >= 4 is 5.91 Å².